The van der Waals surface area contributed by atoms with Gasteiger partial charge in [0.1, 0.15) is 0 Å². The van der Waals surface area contributed by atoms with Gasteiger partial charge < -0.3 is 5.11 Å². The monoisotopic (exact) mass is 196 g/mol. The van der Waals surface area contributed by atoms with Crippen LogP contribution in [0.1, 0.15) is 41.7 Å². The molecule has 1 nitrogen and oxygen atoms in total. The van der Waals surface area contributed by atoms with E-state index in [1.807, 2.05) is 11.3 Å². The van der Waals surface area contributed by atoms with E-state index in [1.54, 1.807) is 0 Å². The Morgan fingerprint density at radius 1 is 1.15 bits per heavy atom. The summed E-state index contributed by atoms with van der Waals surface area (Å²) in [6, 6.07) is 0. The maximum absolute atomic E-state index is 9.15. The molecule has 0 fully saturated rings. The number of rotatable bonds is 1. The molecule has 1 aromatic heterocycles. The van der Waals surface area contributed by atoms with Gasteiger partial charge in [0.2, 0.25) is 0 Å². The van der Waals surface area contributed by atoms with E-state index >= 15 is 0 Å². The predicted molar refractivity (Wildman–Crippen MR) is 56.1 cm³/mol. The molecule has 1 aliphatic carbocycles. The van der Waals surface area contributed by atoms with Gasteiger partial charge >= 0.3 is 0 Å². The lowest BCUT2D eigenvalue weighted by Crippen LogP contribution is -1.98. The number of aliphatic hydroxyl groups excluding tert-OH is 1. The quantitative estimate of drug-likeness (QED) is 0.732. The zero-order chi connectivity index (χ0) is 9.10. The van der Waals surface area contributed by atoms with Crippen LogP contribution in [0.25, 0.3) is 0 Å². The third kappa shape index (κ3) is 1.94. The van der Waals surface area contributed by atoms with Crippen LogP contribution in [0.15, 0.2) is 5.38 Å². The Balaban J connectivity index is 2.25. The van der Waals surface area contributed by atoms with Crippen LogP contribution < -0.4 is 0 Å². The van der Waals surface area contributed by atoms with Crippen molar-refractivity contribution in [3.63, 3.8) is 0 Å². The number of thiophene rings is 1. The van der Waals surface area contributed by atoms with Crippen LogP contribution in [0.5, 0.6) is 0 Å². The van der Waals surface area contributed by atoms with Crippen molar-refractivity contribution < 1.29 is 5.11 Å². The van der Waals surface area contributed by atoms with Gasteiger partial charge in [-0.2, -0.15) is 0 Å². The number of aliphatic hydroxyl groups is 1. The molecule has 1 aromatic rings. The molecule has 0 spiro atoms. The highest BCUT2D eigenvalue weighted by Crippen LogP contribution is 2.28. The maximum atomic E-state index is 9.15. The molecule has 13 heavy (non-hydrogen) atoms. The number of hydrogen-bond donors (Lipinski definition) is 1. The average molecular weight is 196 g/mol. The number of fused-ring (bicyclic) bond motifs is 1. The van der Waals surface area contributed by atoms with Gasteiger partial charge in [0.15, 0.2) is 0 Å². The van der Waals surface area contributed by atoms with Crippen molar-refractivity contribution in [2.75, 3.05) is 0 Å². The van der Waals surface area contributed by atoms with Crippen LogP contribution in [-0.4, -0.2) is 5.11 Å². The summed E-state index contributed by atoms with van der Waals surface area (Å²) < 4.78 is 0. The Morgan fingerprint density at radius 2 is 1.92 bits per heavy atom. The first-order chi connectivity index (χ1) is 6.42. The van der Waals surface area contributed by atoms with E-state index in [9.17, 15) is 0 Å². The number of aryl methyl sites for hydroxylation is 1. The zero-order valence-corrected chi connectivity index (χ0v) is 8.70. The summed E-state index contributed by atoms with van der Waals surface area (Å²) in [5.41, 5.74) is 2.65. The normalized spacial score (nSPS) is 17.6. The lowest BCUT2D eigenvalue weighted by Gasteiger charge is -2.10. The second kappa shape index (κ2) is 4.25. The molecule has 1 aliphatic rings. The lowest BCUT2D eigenvalue weighted by molar-refractivity contribution is 0.281. The minimum absolute atomic E-state index is 0.228. The average Bonchev–Trinajstić information content (AvgIpc) is 2.46. The molecule has 0 unspecified atom stereocenters. The van der Waals surface area contributed by atoms with Crippen LogP contribution in [0.3, 0.4) is 0 Å². The van der Waals surface area contributed by atoms with Crippen LogP contribution in [0.4, 0.5) is 0 Å². The van der Waals surface area contributed by atoms with E-state index in [0.717, 1.165) is 0 Å². The first-order valence-corrected chi connectivity index (χ1v) is 5.99. The molecule has 0 bridgehead atoms. The summed E-state index contributed by atoms with van der Waals surface area (Å²) in [4.78, 5) is 1.53. The standard InChI is InChI=1S/C11H16OS/c12-7-9-8-13-11-6-4-2-1-3-5-10(9)11/h8,12H,1-7H2. The van der Waals surface area contributed by atoms with Crippen LogP contribution in [0.2, 0.25) is 0 Å². The Kier molecular flexibility index (Phi) is 3.01. The van der Waals surface area contributed by atoms with Crippen LogP contribution in [0, 0.1) is 0 Å². The molecule has 0 amide bonds. The van der Waals surface area contributed by atoms with Crippen molar-refractivity contribution in [3.05, 3.63) is 21.4 Å². The summed E-state index contributed by atoms with van der Waals surface area (Å²) in [5.74, 6) is 0. The first-order valence-electron chi connectivity index (χ1n) is 5.11. The summed E-state index contributed by atoms with van der Waals surface area (Å²) >= 11 is 1.84. The summed E-state index contributed by atoms with van der Waals surface area (Å²) in [7, 11) is 0. The van der Waals surface area contributed by atoms with Crippen molar-refractivity contribution in [2.24, 2.45) is 0 Å². The summed E-state index contributed by atoms with van der Waals surface area (Å²) in [5, 5.41) is 11.3. The Labute approximate surface area is 83.4 Å². The van der Waals surface area contributed by atoms with Crippen LogP contribution >= 0.6 is 11.3 Å². The maximum Gasteiger partial charge on any atom is 0.0692 e. The molecule has 2 rings (SSSR count). The molecule has 2 heteroatoms. The van der Waals surface area contributed by atoms with E-state index in [1.165, 1.54) is 54.5 Å². The Hall–Kier alpha value is -0.340. The topological polar surface area (TPSA) is 20.2 Å². The minimum atomic E-state index is 0.228. The first kappa shape index (κ1) is 9.22. The SMILES string of the molecule is OCc1csc2c1CCCCCC2. The van der Waals surface area contributed by atoms with Gasteiger partial charge in [-0.1, -0.05) is 12.8 Å². The third-order valence-electron chi connectivity index (χ3n) is 2.82. The fraction of sp³-hybridized carbons (Fsp3) is 0.636. The van der Waals surface area contributed by atoms with E-state index in [-0.39, 0.29) is 6.61 Å². The summed E-state index contributed by atoms with van der Waals surface area (Å²) in [6.45, 7) is 0.228. The fourth-order valence-electron chi connectivity index (χ4n) is 2.05. The Bertz CT molecular complexity index is 278. The molecule has 1 N–H and O–H groups in total. The van der Waals surface area contributed by atoms with Gasteiger partial charge in [-0.15, -0.1) is 11.3 Å². The highest BCUT2D eigenvalue weighted by Gasteiger charge is 2.12. The second-order valence-electron chi connectivity index (χ2n) is 3.73. The molecule has 72 valence electrons. The van der Waals surface area contributed by atoms with Crippen LogP contribution in [-0.2, 0) is 19.4 Å². The van der Waals surface area contributed by atoms with Crippen molar-refractivity contribution in [1.82, 2.24) is 0 Å². The number of hydrogen-bond acceptors (Lipinski definition) is 2. The van der Waals surface area contributed by atoms with E-state index in [0.29, 0.717) is 0 Å². The van der Waals surface area contributed by atoms with E-state index in [4.69, 9.17) is 5.11 Å². The molecule has 0 atom stereocenters. The molecular formula is C11H16OS. The van der Waals surface area contributed by atoms with Gasteiger partial charge in [-0.25, -0.2) is 0 Å². The summed E-state index contributed by atoms with van der Waals surface area (Å²) in [6.07, 6.45) is 7.80. The largest absolute Gasteiger partial charge is 0.392 e. The molecule has 1 heterocycles. The van der Waals surface area contributed by atoms with Gasteiger partial charge in [0.05, 0.1) is 6.61 Å². The fourth-order valence-corrected chi connectivity index (χ4v) is 3.19. The van der Waals surface area contributed by atoms with E-state index < -0.39 is 0 Å². The Morgan fingerprint density at radius 3 is 2.69 bits per heavy atom. The predicted octanol–water partition coefficient (Wildman–Crippen LogP) is 2.90. The van der Waals surface area contributed by atoms with Crippen molar-refractivity contribution in [1.29, 1.82) is 0 Å². The molecule has 0 aromatic carbocycles. The zero-order valence-electron chi connectivity index (χ0n) is 7.88. The van der Waals surface area contributed by atoms with Gasteiger partial charge in [-0.3, -0.25) is 0 Å². The minimum Gasteiger partial charge on any atom is -0.392 e. The molecule has 0 saturated heterocycles. The van der Waals surface area contributed by atoms with Crippen molar-refractivity contribution in [2.45, 2.75) is 45.1 Å². The lowest BCUT2D eigenvalue weighted by atomic mass is 9.97. The van der Waals surface area contributed by atoms with Crippen molar-refractivity contribution >= 4 is 11.3 Å². The molecule has 0 saturated carbocycles. The van der Waals surface area contributed by atoms with Crippen molar-refractivity contribution in [3.8, 4) is 0 Å². The second-order valence-corrected chi connectivity index (χ2v) is 4.70. The highest BCUT2D eigenvalue weighted by molar-refractivity contribution is 7.10. The van der Waals surface area contributed by atoms with Gasteiger partial charge in [0.25, 0.3) is 0 Å². The smallest absolute Gasteiger partial charge is 0.0692 e. The molecule has 0 radical (unpaired) electrons. The van der Waals surface area contributed by atoms with Gasteiger partial charge in [0, 0.05) is 4.88 Å². The van der Waals surface area contributed by atoms with Gasteiger partial charge in [-0.05, 0) is 42.2 Å². The molecule has 0 aliphatic heterocycles. The third-order valence-corrected chi connectivity index (χ3v) is 3.96. The highest BCUT2D eigenvalue weighted by atomic mass is 32.1. The van der Waals surface area contributed by atoms with E-state index in [2.05, 4.69) is 5.38 Å². The molecular weight excluding hydrogens is 180 g/mol.